The first-order chi connectivity index (χ1) is 9.61. The van der Waals surface area contributed by atoms with Crippen LogP contribution in [0.15, 0.2) is 10.6 Å². The second kappa shape index (κ2) is 7.99. The van der Waals surface area contributed by atoms with Crippen LogP contribution in [0.5, 0.6) is 0 Å². The number of rotatable bonds is 4. The van der Waals surface area contributed by atoms with Gasteiger partial charge in [-0.25, -0.2) is 0 Å². The van der Waals surface area contributed by atoms with Crippen molar-refractivity contribution in [1.82, 2.24) is 15.4 Å². The Balaban J connectivity index is 0.00000220. The fourth-order valence-electron chi connectivity index (χ4n) is 2.34. The lowest BCUT2D eigenvalue weighted by Gasteiger charge is -2.31. The lowest BCUT2D eigenvalue weighted by atomic mass is 9.97. The molecule has 0 aliphatic carbocycles. The van der Waals surface area contributed by atoms with Crippen molar-refractivity contribution in [3.63, 3.8) is 0 Å². The van der Waals surface area contributed by atoms with E-state index in [4.69, 9.17) is 10.3 Å². The van der Waals surface area contributed by atoms with E-state index in [9.17, 15) is 9.59 Å². The maximum atomic E-state index is 12.2. The SMILES string of the molecule is Cc1cc(C(=O)N2CCCC(C(=O)NCCN)C2)on1.Cl. The van der Waals surface area contributed by atoms with Crippen LogP contribution >= 0.6 is 12.4 Å². The minimum Gasteiger partial charge on any atom is -0.355 e. The molecule has 0 aromatic carbocycles. The van der Waals surface area contributed by atoms with Crippen molar-refractivity contribution in [3.8, 4) is 0 Å². The molecule has 3 N–H and O–H groups in total. The molecule has 0 radical (unpaired) electrons. The van der Waals surface area contributed by atoms with Gasteiger partial charge in [-0.3, -0.25) is 9.59 Å². The van der Waals surface area contributed by atoms with Gasteiger partial charge in [0.2, 0.25) is 11.7 Å². The second-order valence-electron chi connectivity index (χ2n) is 5.00. The fraction of sp³-hybridized carbons (Fsp3) is 0.615. The molecule has 1 fully saturated rings. The number of likely N-dealkylation sites (tertiary alicyclic amines) is 1. The summed E-state index contributed by atoms with van der Waals surface area (Å²) >= 11 is 0. The number of piperidine rings is 1. The van der Waals surface area contributed by atoms with Gasteiger partial charge in [0.15, 0.2) is 0 Å². The van der Waals surface area contributed by atoms with E-state index in [1.807, 2.05) is 0 Å². The molecule has 2 heterocycles. The van der Waals surface area contributed by atoms with Crippen LogP contribution in [0.3, 0.4) is 0 Å². The van der Waals surface area contributed by atoms with Crippen molar-refractivity contribution < 1.29 is 14.1 Å². The van der Waals surface area contributed by atoms with Gasteiger partial charge in [-0.2, -0.15) is 0 Å². The first-order valence-electron chi connectivity index (χ1n) is 6.82. The number of hydrogen-bond acceptors (Lipinski definition) is 5. The Hall–Kier alpha value is -1.60. The molecule has 21 heavy (non-hydrogen) atoms. The number of aromatic nitrogens is 1. The molecule has 118 valence electrons. The summed E-state index contributed by atoms with van der Waals surface area (Å²) in [5.41, 5.74) is 6.03. The molecule has 1 aliphatic rings. The van der Waals surface area contributed by atoms with Gasteiger partial charge in [0.05, 0.1) is 11.6 Å². The molecular weight excluding hydrogens is 296 g/mol. The van der Waals surface area contributed by atoms with Gasteiger partial charge in [-0.15, -0.1) is 12.4 Å². The van der Waals surface area contributed by atoms with Gasteiger partial charge in [0.25, 0.3) is 5.91 Å². The molecule has 2 rings (SSSR count). The predicted molar refractivity (Wildman–Crippen MR) is 79.2 cm³/mol. The minimum absolute atomic E-state index is 0. The molecule has 1 aromatic rings. The van der Waals surface area contributed by atoms with Crippen LogP contribution in [0.4, 0.5) is 0 Å². The molecule has 2 amide bonds. The van der Waals surface area contributed by atoms with Crippen LogP contribution in [-0.2, 0) is 4.79 Å². The van der Waals surface area contributed by atoms with Crippen molar-refractivity contribution >= 4 is 24.2 Å². The summed E-state index contributed by atoms with van der Waals surface area (Å²) in [7, 11) is 0. The van der Waals surface area contributed by atoms with E-state index in [1.54, 1.807) is 17.9 Å². The average molecular weight is 317 g/mol. The third-order valence-corrected chi connectivity index (χ3v) is 3.36. The predicted octanol–water partition coefficient (Wildman–Crippen LogP) is 0.332. The Labute approximate surface area is 129 Å². The Morgan fingerprint density at radius 2 is 2.33 bits per heavy atom. The summed E-state index contributed by atoms with van der Waals surface area (Å²) in [5, 5.41) is 6.48. The van der Waals surface area contributed by atoms with E-state index >= 15 is 0 Å². The number of carbonyl (C=O) groups is 2. The quantitative estimate of drug-likeness (QED) is 0.833. The van der Waals surface area contributed by atoms with Crippen LogP contribution < -0.4 is 11.1 Å². The highest BCUT2D eigenvalue weighted by Gasteiger charge is 2.30. The molecule has 0 spiro atoms. The monoisotopic (exact) mass is 316 g/mol. The van der Waals surface area contributed by atoms with Crippen LogP contribution in [0.2, 0.25) is 0 Å². The largest absolute Gasteiger partial charge is 0.355 e. The van der Waals surface area contributed by atoms with Crippen molar-refractivity contribution in [2.45, 2.75) is 19.8 Å². The highest BCUT2D eigenvalue weighted by Crippen LogP contribution is 2.19. The Kier molecular flexibility index (Phi) is 6.64. The van der Waals surface area contributed by atoms with Gasteiger partial charge >= 0.3 is 0 Å². The number of carbonyl (C=O) groups excluding carboxylic acids is 2. The zero-order valence-electron chi connectivity index (χ0n) is 12.0. The molecule has 8 heteroatoms. The van der Waals surface area contributed by atoms with Gasteiger partial charge < -0.3 is 20.5 Å². The van der Waals surface area contributed by atoms with E-state index in [0.717, 1.165) is 12.8 Å². The molecule has 7 nitrogen and oxygen atoms in total. The molecule has 1 atom stereocenters. The first kappa shape index (κ1) is 17.5. The van der Waals surface area contributed by atoms with E-state index in [0.29, 0.717) is 31.9 Å². The first-order valence-corrected chi connectivity index (χ1v) is 6.82. The molecular formula is C13H21ClN4O3. The van der Waals surface area contributed by atoms with Gasteiger partial charge in [0.1, 0.15) is 0 Å². The number of halogens is 1. The van der Waals surface area contributed by atoms with Gasteiger partial charge in [-0.05, 0) is 19.8 Å². The van der Waals surface area contributed by atoms with Gasteiger partial charge in [0, 0.05) is 32.2 Å². The zero-order valence-corrected chi connectivity index (χ0v) is 12.8. The topological polar surface area (TPSA) is 101 Å². The lowest BCUT2D eigenvalue weighted by Crippen LogP contribution is -2.46. The summed E-state index contributed by atoms with van der Waals surface area (Å²) in [4.78, 5) is 25.8. The van der Waals surface area contributed by atoms with Crippen molar-refractivity contribution in [1.29, 1.82) is 0 Å². The van der Waals surface area contributed by atoms with E-state index in [2.05, 4.69) is 10.5 Å². The molecule has 0 bridgehead atoms. The second-order valence-corrected chi connectivity index (χ2v) is 5.00. The van der Waals surface area contributed by atoms with E-state index in [-0.39, 0.29) is 35.9 Å². The summed E-state index contributed by atoms with van der Waals surface area (Å²) in [6.07, 6.45) is 1.59. The van der Waals surface area contributed by atoms with Crippen LogP contribution in [-0.4, -0.2) is 48.0 Å². The lowest BCUT2D eigenvalue weighted by molar-refractivity contribution is -0.126. The third kappa shape index (κ3) is 4.44. The third-order valence-electron chi connectivity index (χ3n) is 3.36. The number of hydrogen-bond donors (Lipinski definition) is 2. The molecule has 1 saturated heterocycles. The Bertz CT molecular complexity index is 492. The normalized spacial score (nSPS) is 18.0. The standard InChI is InChI=1S/C13H20N4O3.ClH/c1-9-7-11(20-16-9)13(19)17-6-2-3-10(8-17)12(18)15-5-4-14;/h7,10H,2-6,8,14H2,1H3,(H,15,18);1H. The highest BCUT2D eigenvalue weighted by molar-refractivity contribution is 5.92. The van der Waals surface area contributed by atoms with E-state index in [1.165, 1.54) is 0 Å². The number of amides is 2. The number of aryl methyl sites for hydroxylation is 1. The number of nitrogens with two attached hydrogens (primary N) is 1. The van der Waals surface area contributed by atoms with Gasteiger partial charge in [-0.1, -0.05) is 5.16 Å². The van der Waals surface area contributed by atoms with E-state index < -0.39 is 0 Å². The number of nitrogens with one attached hydrogen (secondary N) is 1. The maximum Gasteiger partial charge on any atom is 0.292 e. The molecule has 1 unspecified atom stereocenters. The maximum absolute atomic E-state index is 12.2. The number of nitrogens with zero attached hydrogens (tertiary/aromatic N) is 2. The van der Waals surface area contributed by atoms with Crippen molar-refractivity contribution in [2.75, 3.05) is 26.2 Å². The van der Waals surface area contributed by atoms with Crippen LogP contribution in [0, 0.1) is 12.8 Å². The minimum atomic E-state index is -0.207. The van der Waals surface area contributed by atoms with Crippen molar-refractivity contribution in [2.24, 2.45) is 11.7 Å². The summed E-state index contributed by atoms with van der Waals surface area (Å²) < 4.78 is 4.98. The Morgan fingerprint density at radius 1 is 1.57 bits per heavy atom. The average Bonchev–Trinajstić information content (AvgIpc) is 2.90. The Morgan fingerprint density at radius 3 is 2.95 bits per heavy atom. The zero-order chi connectivity index (χ0) is 14.5. The summed E-state index contributed by atoms with van der Waals surface area (Å²) in [6, 6.07) is 1.61. The fourth-order valence-corrected chi connectivity index (χ4v) is 2.34. The summed E-state index contributed by atoms with van der Waals surface area (Å²) in [5.74, 6) is -0.197. The molecule has 1 aromatic heterocycles. The molecule has 1 aliphatic heterocycles. The van der Waals surface area contributed by atoms with Crippen molar-refractivity contribution in [3.05, 3.63) is 17.5 Å². The highest BCUT2D eigenvalue weighted by atomic mass is 35.5. The van der Waals surface area contributed by atoms with Crippen LogP contribution in [0.1, 0.15) is 29.1 Å². The smallest absolute Gasteiger partial charge is 0.292 e. The molecule has 0 saturated carbocycles. The van der Waals surface area contributed by atoms with Crippen LogP contribution in [0.25, 0.3) is 0 Å². The summed E-state index contributed by atoms with van der Waals surface area (Å²) in [6.45, 7) is 3.69.